The number of nitrogens with zero attached hydrogens (tertiary/aromatic N) is 3. The minimum absolute atomic E-state index is 0.143. The average Bonchev–Trinajstić information content (AvgIpc) is 2.79. The molecule has 0 aromatic carbocycles. The van der Waals surface area contributed by atoms with Crippen LogP contribution in [0.15, 0.2) is 10.7 Å². The largest absolute Gasteiger partial charge is 0.291 e. The van der Waals surface area contributed by atoms with E-state index in [1.165, 1.54) is 0 Å². The molecule has 0 saturated heterocycles. The van der Waals surface area contributed by atoms with Crippen molar-refractivity contribution in [3.8, 4) is 0 Å². The molecule has 4 nitrogen and oxygen atoms in total. The molecule has 0 N–H and O–H groups in total. The topological polar surface area (TPSA) is 38.1 Å². The number of hydrogen-bond acceptors (Lipinski definition) is 3. The third kappa shape index (κ3) is 2.92. The Morgan fingerprint density at radius 1 is 1.37 bits per heavy atom. The van der Waals surface area contributed by atoms with Crippen LogP contribution >= 0.6 is 15.9 Å². The van der Waals surface area contributed by atoms with E-state index < -0.39 is 5.54 Å². The number of rotatable bonds is 7. The quantitative estimate of drug-likeness (QED) is 0.720. The van der Waals surface area contributed by atoms with Gasteiger partial charge in [-0.25, -0.2) is 0 Å². The van der Waals surface area contributed by atoms with Crippen LogP contribution in [0.4, 0.5) is 0 Å². The van der Waals surface area contributed by atoms with Gasteiger partial charge in [0.25, 0.3) is 0 Å². The predicted molar refractivity (Wildman–Crippen MR) is 81.5 cm³/mol. The highest BCUT2D eigenvalue weighted by Gasteiger charge is 2.39. The van der Waals surface area contributed by atoms with Crippen molar-refractivity contribution in [2.75, 3.05) is 13.1 Å². The SMILES string of the molecule is CCN(CC)C(C)(CC)C(=O)c1c(Br)cnn1CC. The fourth-order valence-electron chi connectivity index (χ4n) is 2.53. The lowest BCUT2D eigenvalue weighted by atomic mass is 9.89. The number of halogens is 1. The summed E-state index contributed by atoms with van der Waals surface area (Å²) in [5.41, 5.74) is 0.206. The van der Waals surface area contributed by atoms with Crippen molar-refractivity contribution >= 4 is 21.7 Å². The Kier molecular flexibility index (Phi) is 5.74. The molecule has 0 aliphatic heterocycles. The molecule has 0 amide bonds. The van der Waals surface area contributed by atoms with Gasteiger partial charge in [0.15, 0.2) is 0 Å². The zero-order chi connectivity index (χ0) is 14.6. The van der Waals surface area contributed by atoms with Crippen LogP contribution < -0.4 is 0 Å². The first kappa shape index (κ1) is 16.4. The number of carbonyl (C=O) groups excluding carboxylic acids is 1. The maximum Gasteiger partial charge on any atom is 0.201 e. The summed E-state index contributed by atoms with van der Waals surface area (Å²) >= 11 is 3.45. The van der Waals surface area contributed by atoms with Crippen LogP contribution in [0.5, 0.6) is 0 Å². The van der Waals surface area contributed by atoms with Gasteiger partial charge in [0.05, 0.1) is 16.2 Å². The average molecular weight is 330 g/mol. The van der Waals surface area contributed by atoms with Crippen LogP contribution in [0, 0.1) is 0 Å². The van der Waals surface area contributed by atoms with Gasteiger partial charge in [-0.2, -0.15) is 5.10 Å². The Morgan fingerprint density at radius 3 is 2.37 bits per heavy atom. The van der Waals surface area contributed by atoms with Gasteiger partial charge in [-0.05, 0) is 49.3 Å². The number of aryl methyl sites for hydroxylation is 1. The summed E-state index contributed by atoms with van der Waals surface area (Å²) < 4.78 is 2.55. The molecule has 1 unspecified atom stereocenters. The molecule has 1 atom stereocenters. The second kappa shape index (κ2) is 6.66. The predicted octanol–water partition coefficient (Wildman–Crippen LogP) is 3.36. The first-order valence-electron chi connectivity index (χ1n) is 6.97. The monoisotopic (exact) mass is 329 g/mol. The molecule has 1 aromatic heterocycles. The van der Waals surface area contributed by atoms with Crippen molar-refractivity contribution in [3.63, 3.8) is 0 Å². The summed E-state index contributed by atoms with van der Waals surface area (Å²) in [6, 6.07) is 0. The molecule has 1 heterocycles. The summed E-state index contributed by atoms with van der Waals surface area (Å²) in [6.45, 7) is 12.7. The van der Waals surface area contributed by atoms with Gasteiger partial charge in [-0.15, -0.1) is 0 Å². The van der Waals surface area contributed by atoms with E-state index in [0.29, 0.717) is 12.2 Å². The van der Waals surface area contributed by atoms with Crippen LogP contribution in [0.25, 0.3) is 0 Å². The van der Waals surface area contributed by atoms with Crippen LogP contribution in [0.2, 0.25) is 0 Å². The number of hydrogen-bond donors (Lipinski definition) is 0. The van der Waals surface area contributed by atoms with Crippen molar-refractivity contribution in [2.24, 2.45) is 0 Å². The fraction of sp³-hybridized carbons (Fsp3) is 0.714. The molecule has 0 radical (unpaired) electrons. The minimum Gasteiger partial charge on any atom is -0.291 e. The molecule has 0 fully saturated rings. The van der Waals surface area contributed by atoms with Gasteiger partial charge in [0.2, 0.25) is 5.78 Å². The standard InChI is InChI=1S/C14H24BrN3O/c1-6-14(5,17(7-2)8-3)13(19)12-11(15)10-16-18(12)9-4/h10H,6-9H2,1-5H3. The Balaban J connectivity index is 3.25. The van der Waals surface area contributed by atoms with E-state index in [0.717, 1.165) is 24.0 Å². The molecular formula is C14H24BrN3O. The number of Topliss-reactive ketones (excluding diaryl/α,β-unsaturated/α-hetero) is 1. The normalized spacial score (nSPS) is 14.7. The number of carbonyl (C=O) groups is 1. The van der Waals surface area contributed by atoms with Crippen LogP contribution in [-0.4, -0.2) is 39.1 Å². The second-order valence-corrected chi connectivity index (χ2v) is 5.64. The molecule has 0 saturated carbocycles. The zero-order valence-electron chi connectivity index (χ0n) is 12.5. The molecule has 0 spiro atoms. The van der Waals surface area contributed by atoms with E-state index in [9.17, 15) is 4.79 Å². The molecule has 5 heteroatoms. The lowest BCUT2D eigenvalue weighted by Crippen LogP contribution is -2.52. The molecule has 19 heavy (non-hydrogen) atoms. The highest BCUT2D eigenvalue weighted by molar-refractivity contribution is 9.10. The lowest BCUT2D eigenvalue weighted by Gasteiger charge is -2.38. The Bertz CT molecular complexity index is 440. The third-order valence-electron chi connectivity index (χ3n) is 3.95. The molecule has 0 aliphatic carbocycles. The maximum absolute atomic E-state index is 13.0. The molecule has 1 rings (SSSR count). The molecule has 108 valence electrons. The number of aromatic nitrogens is 2. The van der Waals surface area contributed by atoms with E-state index >= 15 is 0 Å². The van der Waals surface area contributed by atoms with Gasteiger partial charge in [-0.1, -0.05) is 20.8 Å². The fourth-order valence-corrected chi connectivity index (χ4v) is 3.01. The summed E-state index contributed by atoms with van der Waals surface area (Å²) in [7, 11) is 0. The van der Waals surface area contributed by atoms with Gasteiger partial charge in [-0.3, -0.25) is 14.4 Å². The Labute approximate surface area is 124 Å². The van der Waals surface area contributed by atoms with E-state index in [1.54, 1.807) is 10.9 Å². The summed E-state index contributed by atoms with van der Waals surface area (Å²) in [5, 5.41) is 4.24. The van der Waals surface area contributed by atoms with Crippen molar-refractivity contribution in [2.45, 2.75) is 53.1 Å². The minimum atomic E-state index is -0.473. The van der Waals surface area contributed by atoms with E-state index in [4.69, 9.17) is 0 Å². The highest BCUT2D eigenvalue weighted by Crippen LogP contribution is 2.28. The highest BCUT2D eigenvalue weighted by atomic mass is 79.9. The van der Waals surface area contributed by atoms with Crippen molar-refractivity contribution in [1.29, 1.82) is 0 Å². The molecular weight excluding hydrogens is 306 g/mol. The van der Waals surface area contributed by atoms with Crippen molar-refractivity contribution in [1.82, 2.24) is 14.7 Å². The lowest BCUT2D eigenvalue weighted by molar-refractivity contribution is 0.0595. The maximum atomic E-state index is 13.0. The summed E-state index contributed by atoms with van der Waals surface area (Å²) in [4.78, 5) is 15.2. The van der Waals surface area contributed by atoms with Gasteiger partial charge >= 0.3 is 0 Å². The molecule has 0 bridgehead atoms. The molecule has 1 aromatic rings. The van der Waals surface area contributed by atoms with Crippen LogP contribution in [0.1, 0.15) is 51.5 Å². The first-order chi connectivity index (χ1) is 8.96. The van der Waals surface area contributed by atoms with Gasteiger partial charge in [0, 0.05) is 6.54 Å². The van der Waals surface area contributed by atoms with Crippen molar-refractivity contribution in [3.05, 3.63) is 16.4 Å². The van der Waals surface area contributed by atoms with Gasteiger partial charge in [0.1, 0.15) is 5.69 Å². The van der Waals surface area contributed by atoms with E-state index in [2.05, 4.69) is 46.7 Å². The molecule has 0 aliphatic rings. The van der Waals surface area contributed by atoms with Gasteiger partial charge < -0.3 is 0 Å². The second-order valence-electron chi connectivity index (χ2n) is 4.79. The first-order valence-corrected chi connectivity index (χ1v) is 7.76. The third-order valence-corrected chi connectivity index (χ3v) is 4.53. The van der Waals surface area contributed by atoms with E-state index in [1.807, 2.05) is 13.8 Å². The van der Waals surface area contributed by atoms with Crippen molar-refractivity contribution < 1.29 is 4.79 Å². The van der Waals surface area contributed by atoms with Crippen LogP contribution in [0.3, 0.4) is 0 Å². The summed E-state index contributed by atoms with van der Waals surface area (Å²) in [5.74, 6) is 0.143. The number of likely N-dealkylation sites (N-methyl/N-ethyl adjacent to an activating group) is 1. The summed E-state index contributed by atoms with van der Waals surface area (Å²) in [6.07, 6.45) is 2.49. The number of ketones is 1. The van der Waals surface area contributed by atoms with E-state index in [-0.39, 0.29) is 5.78 Å². The van der Waals surface area contributed by atoms with Crippen LogP contribution in [-0.2, 0) is 6.54 Å². The Morgan fingerprint density at radius 2 is 1.95 bits per heavy atom. The zero-order valence-corrected chi connectivity index (χ0v) is 14.1. The smallest absolute Gasteiger partial charge is 0.201 e. The Hall–Kier alpha value is -0.680.